The Balaban J connectivity index is 3.52. The van der Waals surface area contributed by atoms with Crippen LogP contribution in [0.15, 0.2) is 9.98 Å². The number of nitrogens with zero attached hydrogens (tertiary/aromatic N) is 2. The van der Waals surface area contributed by atoms with Crippen LogP contribution in [0.5, 0.6) is 0 Å². The standard InChI is InChI=1S/C11H22N2/c1-4-5-7-11(10-13-3)8-6-9-12-2/h11H,2-10H2,1H3. The van der Waals surface area contributed by atoms with Crippen LogP contribution in [0.2, 0.25) is 0 Å². The maximum Gasteiger partial charge on any atom is 0.0410 e. The second-order valence-corrected chi connectivity index (χ2v) is 3.50. The monoisotopic (exact) mass is 182 g/mol. The molecule has 0 aromatic rings. The second kappa shape index (κ2) is 9.43. The number of unbranched alkanes of at least 4 members (excludes halogenated alkanes) is 1. The lowest BCUT2D eigenvalue weighted by molar-refractivity contribution is 0.435. The Morgan fingerprint density at radius 3 is 2.31 bits per heavy atom. The average Bonchev–Trinajstić information content (AvgIpc) is 2.14. The fourth-order valence-electron chi connectivity index (χ4n) is 1.49. The van der Waals surface area contributed by atoms with E-state index in [0.717, 1.165) is 25.4 Å². The second-order valence-electron chi connectivity index (χ2n) is 3.50. The highest BCUT2D eigenvalue weighted by molar-refractivity contribution is 5.23. The van der Waals surface area contributed by atoms with Gasteiger partial charge in [-0.2, -0.15) is 0 Å². The van der Waals surface area contributed by atoms with Gasteiger partial charge in [0.25, 0.3) is 0 Å². The summed E-state index contributed by atoms with van der Waals surface area (Å²) in [5.41, 5.74) is 0. The lowest BCUT2D eigenvalue weighted by Crippen LogP contribution is -2.05. The van der Waals surface area contributed by atoms with Gasteiger partial charge in [0.05, 0.1) is 0 Å². The summed E-state index contributed by atoms with van der Waals surface area (Å²) in [4.78, 5) is 7.82. The van der Waals surface area contributed by atoms with Crippen molar-refractivity contribution in [2.45, 2.75) is 39.0 Å². The van der Waals surface area contributed by atoms with E-state index in [-0.39, 0.29) is 0 Å². The van der Waals surface area contributed by atoms with Gasteiger partial charge in [-0.05, 0) is 38.6 Å². The molecule has 0 saturated carbocycles. The Bertz CT molecular complexity index is 132. The Kier molecular flexibility index (Phi) is 8.95. The van der Waals surface area contributed by atoms with E-state index < -0.39 is 0 Å². The minimum Gasteiger partial charge on any atom is -0.301 e. The zero-order valence-corrected chi connectivity index (χ0v) is 8.84. The molecule has 2 nitrogen and oxygen atoms in total. The Morgan fingerprint density at radius 2 is 1.77 bits per heavy atom. The van der Waals surface area contributed by atoms with Crippen LogP contribution in [-0.2, 0) is 0 Å². The third-order valence-electron chi connectivity index (χ3n) is 2.28. The Hall–Kier alpha value is -0.660. The van der Waals surface area contributed by atoms with Crippen molar-refractivity contribution >= 4 is 13.4 Å². The van der Waals surface area contributed by atoms with Gasteiger partial charge in [0, 0.05) is 13.1 Å². The van der Waals surface area contributed by atoms with Crippen molar-refractivity contribution in [2.75, 3.05) is 13.1 Å². The molecule has 1 unspecified atom stereocenters. The van der Waals surface area contributed by atoms with Crippen molar-refractivity contribution in [3.63, 3.8) is 0 Å². The predicted molar refractivity (Wildman–Crippen MR) is 61.1 cm³/mol. The first-order chi connectivity index (χ1) is 6.35. The van der Waals surface area contributed by atoms with E-state index in [1.54, 1.807) is 0 Å². The quantitative estimate of drug-likeness (QED) is 0.387. The molecule has 0 saturated heterocycles. The summed E-state index contributed by atoms with van der Waals surface area (Å²) in [7, 11) is 0. The van der Waals surface area contributed by atoms with Crippen LogP contribution in [0.1, 0.15) is 39.0 Å². The van der Waals surface area contributed by atoms with Gasteiger partial charge in [0.1, 0.15) is 0 Å². The van der Waals surface area contributed by atoms with Crippen LogP contribution in [0.3, 0.4) is 0 Å². The minimum absolute atomic E-state index is 0.721. The number of hydrogen-bond donors (Lipinski definition) is 0. The molecule has 0 amide bonds. The highest BCUT2D eigenvalue weighted by Crippen LogP contribution is 2.15. The molecule has 0 aliphatic rings. The minimum atomic E-state index is 0.721. The molecular weight excluding hydrogens is 160 g/mol. The smallest absolute Gasteiger partial charge is 0.0410 e. The first-order valence-corrected chi connectivity index (χ1v) is 5.20. The highest BCUT2D eigenvalue weighted by Gasteiger charge is 2.05. The summed E-state index contributed by atoms with van der Waals surface area (Å²) >= 11 is 0. The van der Waals surface area contributed by atoms with E-state index in [1.807, 2.05) is 0 Å². The summed E-state index contributed by atoms with van der Waals surface area (Å²) in [5, 5.41) is 0. The van der Waals surface area contributed by atoms with Crippen molar-refractivity contribution in [2.24, 2.45) is 15.9 Å². The molecule has 0 fully saturated rings. The molecule has 0 radical (unpaired) electrons. The summed E-state index contributed by atoms with van der Waals surface area (Å²) in [6, 6.07) is 0. The SMILES string of the molecule is C=NCCCC(CCCC)CN=C. The molecule has 0 bridgehead atoms. The van der Waals surface area contributed by atoms with E-state index in [9.17, 15) is 0 Å². The molecule has 0 N–H and O–H groups in total. The van der Waals surface area contributed by atoms with Gasteiger partial charge in [-0.25, -0.2) is 0 Å². The molecule has 0 spiro atoms. The van der Waals surface area contributed by atoms with Crippen LogP contribution in [-0.4, -0.2) is 26.5 Å². The van der Waals surface area contributed by atoms with Gasteiger partial charge in [-0.3, -0.25) is 0 Å². The number of aliphatic imine (C=N–C) groups is 2. The summed E-state index contributed by atoms with van der Waals surface area (Å²) in [6.45, 7) is 11.1. The first kappa shape index (κ1) is 12.3. The van der Waals surface area contributed by atoms with Crippen molar-refractivity contribution in [3.8, 4) is 0 Å². The molecule has 13 heavy (non-hydrogen) atoms. The molecule has 2 heteroatoms. The van der Waals surface area contributed by atoms with Gasteiger partial charge < -0.3 is 9.98 Å². The predicted octanol–water partition coefficient (Wildman–Crippen LogP) is 2.97. The van der Waals surface area contributed by atoms with E-state index in [2.05, 4.69) is 30.3 Å². The maximum absolute atomic E-state index is 3.97. The largest absolute Gasteiger partial charge is 0.301 e. The van der Waals surface area contributed by atoms with Crippen molar-refractivity contribution < 1.29 is 0 Å². The van der Waals surface area contributed by atoms with Crippen LogP contribution >= 0.6 is 0 Å². The Labute approximate surface area is 82.2 Å². The van der Waals surface area contributed by atoms with Gasteiger partial charge in [-0.1, -0.05) is 19.8 Å². The van der Waals surface area contributed by atoms with Gasteiger partial charge in [0.2, 0.25) is 0 Å². The topological polar surface area (TPSA) is 24.7 Å². The zero-order valence-electron chi connectivity index (χ0n) is 8.84. The molecule has 0 rings (SSSR count). The van der Waals surface area contributed by atoms with E-state index >= 15 is 0 Å². The normalized spacial score (nSPS) is 12.4. The summed E-state index contributed by atoms with van der Waals surface area (Å²) in [6.07, 6.45) is 6.23. The molecule has 0 aromatic heterocycles. The number of rotatable bonds is 9. The van der Waals surface area contributed by atoms with Crippen LogP contribution in [0, 0.1) is 5.92 Å². The van der Waals surface area contributed by atoms with Crippen LogP contribution < -0.4 is 0 Å². The zero-order chi connectivity index (χ0) is 9.94. The van der Waals surface area contributed by atoms with Gasteiger partial charge in [-0.15, -0.1) is 0 Å². The molecule has 0 aliphatic carbocycles. The lowest BCUT2D eigenvalue weighted by atomic mass is 9.97. The van der Waals surface area contributed by atoms with Gasteiger partial charge >= 0.3 is 0 Å². The van der Waals surface area contributed by atoms with E-state index in [1.165, 1.54) is 25.7 Å². The van der Waals surface area contributed by atoms with Crippen LogP contribution in [0.4, 0.5) is 0 Å². The Morgan fingerprint density at radius 1 is 1.08 bits per heavy atom. The fraction of sp³-hybridized carbons (Fsp3) is 0.818. The van der Waals surface area contributed by atoms with E-state index in [0.29, 0.717) is 0 Å². The fourth-order valence-corrected chi connectivity index (χ4v) is 1.49. The summed E-state index contributed by atoms with van der Waals surface area (Å²) in [5.74, 6) is 0.721. The lowest BCUT2D eigenvalue weighted by Gasteiger charge is -2.12. The summed E-state index contributed by atoms with van der Waals surface area (Å²) < 4.78 is 0. The molecule has 0 aromatic carbocycles. The third-order valence-corrected chi connectivity index (χ3v) is 2.28. The average molecular weight is 182 g/mol. The number of hydrogen-bond acceptors (Lipinski definition) is 2. The molecule has 1 atom stereocenters. The molecule has 0 heterocycles. The molecule has 76 valence electrons. The first-order valence-electron chi connectivity index (χ1n) is 5.20. The molecular formula is C11H22N2. The van der Waals surface area contributed by atoms with Crippen molar-refractivity contribution in [1.82, 2.24) is 0 Å². The third kappa shape index (κ3) is 7.69. The van der Waals surface area contributed by atoms with Crippen molar-refractivity contribution in [1.29, 1.82) is 0 Å². The van der Waals surface area contributed by atoms with Gasteiger partial charge in [0.15, 0.2) is 0 Å². The maximum atomic E-state index is 3.97. The van der Waals surface area contributed by atoms with E-state index in [4.69, 9.17) is 0 Å². The van der Waals surface area contributed by atoms with Crippen molar-refractivity contribution in [3.05, 3.63) is 0 Å². The molecule has 0 aliphatic heterocycles. The highest BCUT2D eigenvalue weighted by atomic mass is 14.7. The van der Waals surface area contributed by atoms with Crippen LogP contribution in [0.25, 0.3) is 0 Å².